The number of H-pyrrole nitrogens is 1. The summed E-state index contributed by atoms with van der Waals surface area (Å²) in [5.74, 6) is 2.45. The van der Waals surface area contributed by atoms with Crippen LogP contribution in [0.5, 0.6) is 11.5 Å². The van der Waals surface area contributed by atoms with Crippen LogP contribution in [-0.2, 0) is 0 Å². The molecule has 2 aromatic heterocycles. The zero-order chi connectivity index (χ0) is 17.2. The molecule has 0 spiro atoms. The molecule has 6 heteroatoms. The molecule has 2 aromatic carbocycles. The van der Waals surface area contributed by atoms with Crippen LogP contribution in [0.25, 0.3) is 11.0 Å². The Morgan fingerprint density at radius 3 is 2.32 bits per heavy atom. The lowest BCUT2D eigenvalue weighted by atomic mass is 10.2. The van der Waals surface area contributed by atoms with Crippen molar-refractivity contribution in [1.82, 2.24) is 15.0 Å². The first kappa shape index (κ1) is 15.0. The first-order valence-electron chi connectivity index (χ1n) is 7.89. The minimum Gasteiger partial charge on any atom is -0.457 e. The second-order valence-electron chi connectivity index (χ2n) is 5.74. The van der Waals surface area contributed by atoms with E-state index < -0.39 is 0 Å². The number of nitrogens with one attached hydrogen (secondary N) is 2. The van der Waals surface area contributed by atoms with E-state index in [2.05, 4.69) is 20.3 Å². The highest BCUT2D eigenvalue weighted by Gasteiger charge is 2.06. The van der Waals surface area contributed by atoms with E-state index in [-0.39, 0.29) is 0 Å². The van der Waals surface area contributed by atoms with Gasteiger partial charge in [-0.15, -0.1) is 0 Å². The van der Waals surface area contributed by atoms with E-state index in [1.54, 1.807) is 6.20 Å². The average molecular weight is 331 g/mol. The number of nitrogens with two attached hydrogens (primary N) is 1. The van der Waals surface area contributed by atoms with Gasteiger partial charge in [0.25, 0.3) is 0 Å². The van der Waals surface area contributed by atoms with Crippen LogP contribution in [0, 0.1) is 6.92 Å². The highest BCUT2D eigenvalue weighted by molar-refractivity contribution is 5.87. The van der Waals surface area contributed by atoms with Crippen LogP contribution in [-0.4, -0.2) is 15.0 Å². The number of nitrogen functional groups attached to an aromatic ring is 1. The molecule has 124 valence electrons. The van der Waals surface area contributed by atoms with E-state index >= 15 is 0 Å². The normalized spacial score (nSPS) is 10.8. The van der Waals surface area contributed by atoms with E-state index in [0.29, 0.717) is 17.4 Å². The van der Waals surface area contributed by atoms with Crippen molar-refractivity contribution in [3.8, 4) is 11.5 Å². The van der Waals surface area contributed by atoms with Crippen molar-refractivity contribution < 1.29 is 4.74 Å². The van der Waals surface area contributed by atoms with Gasteiger partial charge >= 0.3 is 0 Å². The molecule has 0 aliphatic carbocycles. The Morgan fingerprint density at radius 1 is 0.920 bits per heavy atom. The second-order valence-corrected chi connectivity index (χ2v) is 5.74. The number of hydrogen-bond donors (Lipinski definition) is 3. The smallest absolute Gasteiger partial charge is 0.231 e. The van der Waals surface area contributed by atoms with Crippen LogP contribution in [0.15, 0.2) is 60.8 Å². The highest BCUT2D eigenvalue weighted by Crippen LogP contribution is 2.25. The zero-order valence-corrected chi connectivity index (χ0v) is 13.7. The van der Waals surface area contributed by atoms with Crippen molar-refractivity contribution in [3.05, 3.63) is 66.4 Å². The Kier molecular flexibility index (Phi) is 3.70. The molecule has 0 radical (unpaired) electrons. The number of benzene rings is 2. The van der Waals surface area contributed by atoms with Crippen molar-refractivity contribution in [3.63, 3.8) is 0 Å². The number of fused-ring (bicyclic) bond motifs is 1. The third-order valence-corrected chi connectivity index (χ3v) is 3.81. The summed E-state index contributed by atoms with van der Waals surface area (Å²) in [7, 11) is 0. The lowest BCUT2D eigenvalue weighted by Gasteiger charge is -2.09. The molecule has 0 saturated heterocycles. The van der Waals surface area contributed by atoms with Crippen molar-refractivity contribution in [2.24, 2.45) is 0 Å². The number of aromatic amines is 1. The number of rotatable bonds is 4. The van der Waals surface area contributed by atoms with Gasteiger partial charge in [-0.2, -0.15) is 9.97 Å². The predicted octanol–water partition coefficient (Wildman–Crippen LogP) is 4.38. The quantitative estimate of drug-likeness (QED) is 0.516. The first-order valence-corrected chi connectivity index (χ1v) is 7.89. The number of ether oxygens (including phenoxy) is 1. The minimum absolute atomic E-state index is 0.438. The van der Waals surface area contributed by atoms with Crippen LogP contribution in [0.1, 0.15) is 5.56 Å². The number of anilines is 3. The molecule has 4 rings (SSSR count). The van der Waals surface area contributed by atoms with E-state index in [1.165, 1.54) is 5.56 Å². The second kappa shape index (κ2) is 6.16. The van der Waals surface area contributed by atoms with Gasteiger partial charge in [0.05, 0.1) is 5.39 Å². The van der Waals surface area contributed by atoms with Gasteiger partial charge in [-0.3, -0.25) is 0 Å². The standard InChI is InChI=1S/C19H17N5O/c1-12-2-6-14(7-3-12)25-15-8-4-13(5-9-15)22-19-23-17(20)16-10-11-21-18(16)24-19/h2-11H,1H3,(H4,20,21,22,23,24). The summed E-state index contributed by atoms with van der Waals surface area (Å²) in [5.41, 5.74) is 8.70. The van der Waals surface area contributed by atoms with Crippen LogP contribution in [0.2, 0.25) is 0 Å². The molecular formula is C19H17N5O. The zero-order valence-electron chi connectivity index (χ0n) is 13.7. The van der Waals surface area contributed by atoms with Crippen molar-refractivity contribution in [1.29, 1.82) is 0 Å². The summed E-state index contributed by atoms with van der Waals surface area (Å²) in [4.78, 5) is 11.7. The fourth-order valence-corrected chi connectivity index (χ4v) is 2.50. The van der Waals surface area contributed by atoms with Gasteiger partial charge in [0.1, 0.15) is 23.0 Å². The third kappa shape index (κ3) is 3.23. The maximum absolute atomic E-state index is 5.94. The summed E-state index contributed by atoms with van der Waals surface area (Å²) >= 11 is 0. The molecule has 0 unspecified atom stereocenters. The number of hydrogen-bond acceptors (Lipinski definition) is 5. The Morgan fingerprint density at radius 2 is 1.60 bits per heavy atom. The van der Waals surface area contributed by atoms with E-state index in [1.807, 2.05) is 61.5 Å². The van der Waals surface area contributed by atoms with Crippen LogP contribution in [0.4, 0.5) is 17.5 Å². The summed E-state index contributed by atoms with van der Waals surface area (Å²) in [5, 5.41) is 3.96. The summed E-state index contributed by atoms with van der Waals surface area (Å²) in [6.07, 6.45) is 1.79. The maximum Gasteiger partial charge on any atom is 0.231 e. The van der Waals surface area contributed by atoms with E-state index in [9.17, 15) is 0 Å². The monoisotopic (exact) mass is 331 g/mol. The fraction of sp³-hybridized carbons (Fsp3) is 0.0526. The lowest BCUT2D eigenvalue weighted by Crippen LogP contribution is -2.01. The first-order chi connectivity index (χ1) is 12.2. The molecule has 0 fully saturated rings. The molecule has 0 amide bonds. The highest BCUT2D eigenvalue weighted by atomic mass is 16.5. The average Bonchev–Trinajstić information content (AvgIpc) is 3.08. The summed E-state index contributed by atoms with van der Waals surface area (Å²) in [6.45, 7) is 2.05. The van der Waals surface area contributed by atoms with Gasteiger partial charge in [0.2, 0.25) is 5.95 Å². The largest absolute Gasteiger partial charge is 0.457 e. The Balaban J connectivity index is 1.50. The molecule has 4 aromatic rings. The molecule has 0 aliphatic heterocycles. The topological polar surface area (TPSA) is 88.9 Å². The Bertz CT molecular complexity index is 1010. The maximum atomic E-state index is 5.94. The minimum atomic E-state index is 0.438. The molecular weight excluding hydrogens is 314 g/mol. The molecule has 4 N–H and O–H groups in total. The van der Waals surface area contributed by atoms with Gasteiger partial charge in [-0.05, 0) is 49.4 Å². The van der Waals surface area contributed by atoms with Gasteiger partial charge in [0, 0.05) is 11.9 Å². The molecule has 0 atom stereocenters. The van der Waals surface area contributed by atoms with Crippen LogP contribution in [0.3, 0.4) is 0 Å². The Labute approximate surface area is 144 Å². The lowest BCUT2D eigenvalue weighted by molar-refractivity contribution is 0.482. The number of aryl methyl sites for hydroxylation is 1. The van der Waals surface area contributed by atoms with Gasteiger partial charge in [0.15, 0.2) is 0 Å². The van der Waals surface area contributed by atoms with Crippen molar-refractivity contribution in [2.45, 2.75) is 6.92 Å². The molecule has 0 bridgehead atoms. The molecule has 25 heavy (non-hydrogen) atoms. The summed E-state index contributed by atoms with van der Waals surface area (Å²) in [6, 6.07) is 17.4. The molecule has 0 saturated carbocycles. The molecule has 0 aliphatic rings. The summed E-state index contributed by atoms with van der Waals surface area (Å²) < 4.78 is 5.82. The third-order valence-electron chi connectivity index (χ3n) is 3.81. The number of aromatic nitrogens is 3. The molecule has 6 nitrogen and oxygen atoms in total. The fourth-order valence-electron chi connectivity index (χ4n) is 2.50. The van der Waals surface area contributed by atoms with Gasteiger partial charge in [-0.25, -0.2) is 0 Å². The number of nitrogens with zero attached hydrogens (tertiary/aromatic N) is 2. The van der Waals surface area contributed by atoms with Crippen LogP contribution >= 0.6 is 0 Å². The van der Waals surface area contributed by atoms with Gasteiger partial charge < -0.3 is 20.8 Å². The SMILES string of the molecule is Cc1ccc(Oc2ccc(Nc3nc(N)c4cc[nH]c4n3)cc2)cc1. The van der Waals surface area contributed by atoms with Crippen molar-refractivity contribution >= 4 is 28.5 Å². The Hall–Kier alpha value is -3.54. The van der Waals surface area contributed by atoms with E-state index in [0.717, 1.165) is 22.6 Å². The van der Waals surface area contributed by atoms with Gasteiger partial charge in [-0.1, -0.05) is 17.7 Å². The van der Waals surface area contributed by atoms with Crippen LogP contribution < -0.4 is 15.8 Å². The van der Waals surface area contributed by atoms with E-state index in [4.69, 9.17) is 10.5 Å². The van der Waals surface area contributed by atoms with Crippen molar-refractivity contribution in [2.75, 3.05) is 11.1 Å². The molecule has 2 heterocycles. The predicted molar refractivity (Wildman–Crippen MR) is 99.3 cm³/mol.